The molecule has 3 amide bonds. The van der Waals surface area contributed by atoms with Crippen molar-refractivity contribution in [1.82, 2.24) is 15.5 Å². The Balaban J connectivity index is 1.90. The number of carbonyl (C=O) groups excluding carboxylic acids is 3. The summed E-state index contributed by atoms with van der Waals surface area (Å²) in [6.45, 7) is 9.20. The second kappa shape index (κ2) is 15.9. The third-order valence-corrected chi connectivity index (χ3v) is 6.27. The third kappa shape index (κ3) is 12.6. The normalized spacial score (nSPS) is 11.9. The third-order valence-electron chi connectivity index (χ3n) is 5.41. The number of unbranched alkanes of at least 4 members (excludes halogenated alkanes) is 2. The van der Waals surface area contributed by atoms with Gasteiger partial charge in [0, 0.05) is 18.0 Å². The van der Waals surface area contributed by atoms with Gasteiger partial charge in [-0.1, -0.05) is 49.7 Å². The molecule has 8 nitrogen and oxygen atoms in total. The Kier molecular flexibility index (Phi) is 13.0. The van der Waals surface area contributed by atoms with Gasteiger partial charge in [-0.25, -0.2) is 9.59 Å². The van der Waals surface area contributed by atoms with E-state index >= 15 is 0 Å². The van der Waals surface area contributed by atoms with E-state index in [-0.39, 0.29) is 12.5 Å². The second-order valence-electron chi connectivity index (χ2n) is 9.88. The molecule has 2 N–H and O–H groups in total. The highest BCUT2D eigenvalue weighted by atomic mass is 32.1. The number of nitrogens with zero attached hydrogens (tertiary/aromatic N) is 1. The van der Waals surface area contributed by atoms with Gasteiger partial charge >= 0.3 is 12.2 Å². The fourth-order valence-electron chi connectivity index (χ4n) is 3.57. The molecule has 204 valence electrons. The van der Waals surface area contributed by atoms with Crippen molar-refractivity contribution >= 4 is 29.4 Å². The quantitative estimate of drug-likeness (QED) is 0.297. The van der Waals surface area contributed by atoms with Gasteiger partial charge in [0.1, 0.15) is 18.2 Å². The van der Waals surface area contributed by atoms with Gasteiger partial charge in [-0.15, -0.1) is 11.3 Å². The Hall–Kier alpha value is -3.07. The molecule has 2 aromatic rings. The van der Waals surface area contributed by atoms with E-state index in [1.54, 1.807) is 32.1 Å². The van der Waals surface area contributed by atoms with Gasteiger partial charge in [-0.2, -0.15) is 0 Å². The summed E-state index contributed by atoms with van der Waals surface area (Å²) in [5, 5.41) is 7.52. The highest BCUT2D eigenvalue weighted by Crippen LogP contribution is 2.16. The molecule has 0 fully saturated rings. The summed E-state index contributed by atoms with van der Waals surface area (Å²) in [4.78, 5) is 40.9. The summed E-state index contributed by atoms with van der Waals surface area (Å²) in [5.74, 6) is -0.122. The summed E-state index contributed by atoms with van der Waals surface area (Å²) in [7, 11) is 0. The Morgan fingerprint density at radius 2 is 1.76 bits per heavy atom. The van der Waals surface area contributed by atoms with E-state index in [0.717, 1.165) is 23.3 Å². The minimum absolute atomic E-state index is 0.122. The number of ether oxygens (including phenoxy) is 2. The molecular formula is C28H41N3O5S. The van der Waals surface area contributed by atoms with Crippen LogP contribution in [0.1, 0.15) is 70.2 Å². The van der Waals surface area contributed by atoms with Crippen LogP contribution in [0.3, 0.4) is 0 Å². The molecule has 0 saturated carbocycles. The van der Waals surface area contributed by atoms with Crippen molar-refractivity contribution in [2.75, 3.05) is 13.1 Å². The maximum atomic E-state index is 13.5. The predicted octanol–water partition coefficient (Wildman–Crippen LogP) is 5.87. The average molecular weight is 532 g/mol. The largest absolute Gasteiger partial charge is 0.445 e. The van der Waals surface area contributed by atoms with Crippen molar-refractivity contribution in [3.8, 4) is 0 Å². The van der Waals surface area contributed by atoms with Crippen LogP contribution < -0.4 is 10.6 Å². The van der Waals surface area contributed by atoms with Crippen LogP contribution in [0.2, 0.25) is 0 Å². The van der Waals surface area contributed by atoms with E-state index in [2.05, 4.69) is 17.6 Å². The molecule has 0 aliphatic rings. The van der Waals surface area contributed by atoms with Crippen LogP contribution in [-0.2, 0) is 27.4 Å². The average Bonchev–Trinajstić information content (AvgIpc) is 3.36. The van der Waals surface area contributed by atoms with Crippen molar-refractivity contribution in [2.24, 2.45) is 0 Å². The standard InChI is InChI=1S/C28H41N3O5S/c1-5-6-18-31(20-23-15-12-19-37-23)25(32)24(30-27(34)36-28(2,3)4)16-10-11-17-29-26(33)35-21-22-13-8-7-9-14-22/h7-9,12-15,19,24H,5-6,10-11,16-18,20-21H2,1-4H3,(H,29,33)(H,30,34)/t24-/m0/s1. The highest BCUT2D eigenvalue weighted by molar-refractivity contribution is 7.09. The highest BCUT2D eigenvalue weighted by Gasteiger charge is 2.28. The van der Waals surface area contributed by atoms with Crippen LogP contribution in [0, 0.1) is 0 Å². The fraction of sp³-hybridized carbons (Fsp3) is 0.536. The Bertz CT molecular complexity index is 944. The van der Waals surface area contributed by atoms with E-state index in [1.807, 2.05) is 52.7 Å². The number of thiophene rings is 1. The maximum absolute atomic E-state index is 13.5. The van der Waals surface area contributed by atoms with Gasteiger partial charge in [0.25, 0.3) is 0 Å². The summed E-state index contributed by atoms with van der Waals surface area (Å²) >= 11 is 1.61. The number of alkyl carbamates (subject to hydrolysis) is 2. The number of hydrogen-bond acceptors (Lipinski definition) is 6. The van der Waals surface area contributed by atoms with E-state index in [4.69, 9.17) is 9.47 Å². The molecule has 0 unspecified atom stereocenters. The Labute approximate surface area is 224 Å². The number of nitrogens with one attached hydrogen (secondary N) is 2. The zero-order valence-electron chi connectivity index (χ0n) is 22.5. The predicted molar refractivity (Wildman–Crippen MR) is 146 cm³/mol. The number of benzene rings is 1. The minimum atomic E-state index is -0.711. The van der Waals surface area contributed by atoms with Gasteiger partial charge < -0.3 is 25.0 Å². The fourth-order valence-corrected chi connectivity index (χ4v) is 4.29. The first-order chi connectivity index (χ1) is 17.7. The number of amides is 3. The molecular weight excluding hydrogens is 490 g/mol. The summed E-state index contributed by atoms with van der Waals surface area (Å²) < 4.78 is 10.6. The van der Waals surface area contributed by atoms with Crippen molar-refractivity contribution in [2.45, 2.75) is 84.6 Å². The SMILES string of the molecule is CCCCN(Cc1cccs1)C(=O)[C@H](CCCCNC(=O)OCc1ccccc1)NC(=O)OC(C)(C)C. The summed E-state index contributed by atoms with van der Waals surface area (Å²) in [6.07, 6.45) is 2.46. The first-order valence-corrected chi connectivity index (χ1v) is 13.8. The first kappa shape index (κ1) is 30.2. The molecule has 1 heterocycles. The van der Waals surface area contributed by atoms with Gasteiger partial charge in [-0.3, -0.25) is 4.79 Å². The van der Waals surface area contributed by atoms with Crippen LogP contribution in [0.25, 0.3) is 0 Å². The molecule has 1 aromatic heterocycles. The molecule has 0 bridgehead atoms. The van der Waals surface area contributed by atoms with Crippen LogP contribution in [0.4, 0.5) is 9.59 Å². The van der Waals surface area contributed by atoms with Crippen LogP contribution in [-0.4, -0.2) is 47.7 Å². The number of carbonyl (C=O) groups is 3. The molecule has 9 heteroatoms. The summed E-state index contributed by atoms with van der Waals surface area (Å²) in [5.41, 5.74) is 0.253. The first-order valence-electron chi connectivity index (χ1n) is 12.9. The molecule has 0 radical (unpaired) electrons. The van der Waals surface area contributed by atoms with E-state index in [1.165, 1.54) is 0 Å². The molecule has 0 spiro atoms. The smallest absolute Gasteiger partial charge is 0.408 e. The van der Waals surface area contributed by atoms with Crippen molar-refractivity contribution in [3.05, 3.63) is 58.3 Å². The molecule has 2 rings (SSSR count). The van der Waals surface area contributed by atoms with Crippen molar-refractivity contribution in [3.63, 3.8) is 0 Å². The van der Waals surface area contributed by atoms with Crippen molar-refractivity contribution in [1.29, 1.82) is 0 Å². The van der Waals surface area contributed by atoms with Crippen LogP contribution in [0.5, 0.6) is 0 Å². The number of hydrogen-bond donors (Lipinski definition) is 2. The zero-order chi connectivity index (χ0) is 27.1. The topological polar surface area (TPSA) is 97.0 Å². The minimum Gasteiger partial charge on any atom is -0.445 e. The van der Waals surface area contributed by atoms with Gasteiger partial charge in [0.15, 0.2) is 0 Å². The van der Waals surface area contributed by atoms with Crippen LogP contribution >= 0.6 is 11.3 Å². The van der Waals surface area contributed by atoms with Crippen molar-refractivity contribution < 1.29 is 23.9 Å². The monoisotopic (exact) mass is 531 g/mol. The molecule has 0 aliphatic heterocycles. The van der Waals surface area contributed by atoms with Gasteiger partial charge in [-0.05, 0) is 63.5 Å². The van der Waals surface area contributed by atoms with E-state index < -0.39 is 23.8 Å². The van der Waals surface area contributed by atoms with E-state index in [9.17, 15) is 14.4 Å². The lowest BCUT2D eigenvalue weighted by Gasteiger charge is -2.29. The summed E-state index contributed by atoms with van der Waals surface area (Å²) in [6, 6.07) is 12.7. The zero-order valence-corrected chi connectivity index (χ0v) is 23.3. The molecule has 37 heavy (non-hydrogen) atoms. The molecule has 1 aromatic carbocycles. The Morgan fingerprint density at radius 3 is 2.41 bits per heavy atom. The lowest BCUT2D eigenvalue weighted by atomic mass is 10.1. The Morgan fingerprint density at radius 1 is 1.00 bits per heavy atom. The van der Waals surface area contributed by atoms with Gasteiger partial charge in [0.05, 0.1) is 6.54 Å². The molecule has 1 atom stereocenters. The maximum Gasteiger partial charge on any atom is 0.408 e. The lowest BCUT2D eigenvalue weighted by molar-refractivity contribution is -0.134. The second-order valence-corrected chi connectivity index (χ2v) is 10.9. The molecule has 0 aliphatic carbocycles. The van der Waals surface area contributed by atoms with Crippen LogP contribution in [0.15, 0.2) is 47.8 Å². The lowest BCUT2D eigenvalue weighted by Crippen LogP contribution is -2.49. The van der Waals surface area contributed by atoms with E-state index in [0.29, 0.717) is 38.9 Å². The van der Waals surface area contributed by atoms with Gasteiger partial charge in [0.2, 0.25) is 5.91 Å². The number of rotatable bonds is 14. The molecule has 0 saturated heterocycles.